The fourth-order valence-corrected chi connectivity index (χ4v) is 4.16. The van der Waals surface area contributed by atoms with Crippen LogP contribution in [0.2, 0.25) is 0 Å². The van der Waals surface area contributed by atoms with Gasteiger partial charge in [-0.25, -0.2) is 9.97 Å². The quantitative estimate of drug-likeness (QED) is 0.835. The second-order valence-electron chi connectivity index (χ2n) is 7.46. The predicted molar refractivity (Wildman–Crippen MR) is 102 cm³/mol. The molecule has 0 spiro atoms. The van der Waals surface area contributed by atoms with Crippen LogP contribution in [0.3, 0.4) is 0 Å². The highest BCUT2D eigenvalue weighted by molar-refractivity contribution is 5.80. The third kappa shape index (κ3) is 3.49. The largest absolute Gasteiger partial charge is 0.342 e. The number of aromatic nitrogens is 2. The Hall–Kier alpha value is -2.27. The Kier molecular flexibility index (Phi) is 4.98. The number of hydrogen-bond acceptors (Lipinski definition) is 4. The lowest BCUT2D eigenvalue weighted by Crippen LogP contribution is -2.42. The van der Waals surface area contributed by atoms with Crippen molar-refractivity contribution in [1.29, 1.82) is 0 Å². The molecular formula is C21H26N4O. The first-order valence-corrected chi connectivity index (χ1v) is 9.58. The topological polar surface area (TPSA) is 49.3 Å². The minimum atomic E-state index is -0.0226. The van der Waals surface area contributed by atoms with Crippen molar-refractivity contribution in [1.82, 2.24) is 19.8 Å². The van der Waals surface area contributed by atoms with E-state index in [9.17, 15) is 4.79 Å². The van der Waals surface area contributed by atoms with Crippen LogP contribution >= 0.6 is 0 Å². The molecule has 0 N–H and O–H groups in total. The van der Waals surface area contributed by atoms with Gasteiger partial charge in [0.25, 0.3) is 0 Å². The molecule has 0 unspecified atom stereocenters. The summed E-state index contributed by atoms with van der Waals surface area (Å²) in [6, 6.07) is 10.3. The van der Waals surface area contributed by atoms with E-state index in [4.69, 9.17) is 0 Å². The van der Waals surface area contributed by atoms with Gasteiger partial charge in [0.15, 0.2) is 0 Å². The molecule has 1 atom stereocenters. The molecule has 4 rings (SSSR count). The lowest BCUT2D eigenvalue weighted by atomic mass is 9.90. The monoisotopic (exact) mass is 350 g/mol. The van der Waals surface area contributed by atoms with Crippen LogP contribution in [0.5, 0.6) is 0 Å². The highest BCUT2D eigenvalue weighted by atomic mass is 16.2. The second kappa shape index (κ2) is 7.54. The summed E-state index contributed by atoms with van der Waals surface area (Å²) in [4.78, 5) is 26.6. The maximum Gasteiger partial charge on any atom is 0.227 e. The second-order valence-corrected chi connectivity index (χ2v) is 7.46. The van der Waals surface area contributed by atoms with Gasteiger partial charge in [-0.2, -0.15) is 0 Å². The van der Waals surface area contributed by atoms with Crippen LogP contribution in [0.1, 0.15) is 24.1 Å². The van der Waals surface area contributed by atoms with Crippen LogP contribution < -0.4 is 0 Å². The van der Waals surface area contributed by atoms with Crippen molar-refractivity contribution >= 4 is 5.91 Å². The molecule has 1 fully saturated rings. The zero-order valence-electron chi connectivity index (χ0n) is 15.4. The van der Waals surface area contributed by atoms with E-state index in [1.807, 2.05) is 23.1 Å². The molecule has 136 valence electrons. The summed E-state index contributed by atoms with van der Waals surface area (Å²) in [6.07, 6.45) is 5.55. The highest BCUT2D eigenvalue weighted by Crippen LogP contribution is 2.28. The van der Waals surface area contributed by atoms with Gasteiger partial charge in [-0.1, -0.05) is 30.3 Å². The van der Waals surface area contributed by atoms with E-state index in [-0.39, 0.29) is 5.92 Å². The van der Waals surface area contributed by atoms with Gasteiger partial charge in [-0.3, -0.25) is 4.79 Å². The molecule has 5 nitrogen and oxygen atoms in total. The van der Waals surface area contributed by atoms with E-state index in [0.29, 0.717) is 5.91 Å². The zero-order valence-corrected chi connectivity index (χ0v) is 15.4. The van der Waals surface area contributed by atoms with E-state index in [1.165, 1.54) is 0 Å². The van der Waals surface area contributed by atoms with Gasteiger partial charge in [0.05, 0.1) is 11.6 Å². The number of benzene rings is 1. The SMILES string of the molecule is CN1CCc2ncnc(-c3ccccc3)c2C[C@@H](C(=O)N2CCCC2)C1. The number of nitrogens with zero attached hydrogens (tertiary/aromatic N) is 4. The zero-order chi connectivity index (χ0) is 17.9. The van der Waals surface area contributed by atoms with Crippen LogP contribution in [0, 0.1) is 5.92 Å². The number of likely N-dealkylation sites (tertiary alicyclic amines) is 1. The first kappa shape index (κ1) is 17.2. The molecule has 1 aromatic carbocycles. The van der Waals surface area contributed by atoms with E-state index in [2.05, 4.69) is 34.0 Å². The van der Waals surface area contributed by atoms with Crippen LogP contribution in [0.4, 0.5) is 0 Å². The number of hydrogen-bond donors (Lipinski definition) is 0. The molecule has 0 radical (unpaired) electrons. The number of carbonyl (C=O) groups excluding carboxylic acids is 1. The molecule has 2 aliphatic rings. The van der Waals surface area contributed by atoms with Crippen molar-refractivity contribution in [3.05, 3.63) is 47.9 Å². The summed E-state index contributed by atoms with van der Waals surface area (Å²) >= 11 is 0. The average Bonchev–Trinajstić information content (AvgIpc) is 3.19. The van der Waals surface area contributed by atoms with Gasteiger partial charge in [-0.05, 0) is 26.3 Å². The fourth-order valence-electron chi connectivity index (χ4n) is 4.16. The summed E-state index contributed by atoms with van der Waals surface area (Å²) in [5.74, 6) is 0.274. The Balaban J connectivity index is 1.71. The molecule has 2 aliphatic heterocycles. The summed E-state index contributed by atoms with van der Waals surface area (Å²) in [7, 11) is 2.11. The van der Waals surface area contributed by atoms with Crippen molar-refractivity contribution in [2.45, 2.75) is 25.7 Å². The van der Waals surface area contributed by atoms with Crippen LogP contribution in [-0.4, -0.2) is 58.9 Å². The average molecular weight is 350 g/mol. The summed E-state index contributed by atoms with van der Waals surface area (Å²) in [5.41, 5.74) is 4.33. The summed E-state index contributed by atoms with van der Waals surface area (Å²) in [5, 5.41) is 0. The minimum absolute atomic E-state index is 0.0226. The molecule has 1 saturated heterocycles. The van der Waals surface area contributed by atoms with Gasteiger partial charge >= 0.3 is 0 Å². The lowest BCUT2D eigenvalue weighted by molar-refractivity contribution is -0.135. The number of rotatable bonds is 2. The molecule has 3 heterocycles. The van der Waals surface area contributed by atoms with E-state index in [0.717, 1.165) is 74.4 Å². The van der Waals surface area contributed by atoms with Gasteiger partial charge in [0.2, 0.25) is 5.91 Å². The van der Waals surface area contributed by atoms with Gasteiger partial charge < -0.3 is 9.80 Å². The van der Waals surface area contributed by atoms with Crippen molar-refractivity contribution < 1.29 is 4.79 Å². The molecule has 2 aromatic rings. The van der Waals surface area contributed by atoms with Crippen LogP contribution in [0.15, 0.2) is 36.7 Å². The Morgan fingerprint density at radius 2 is 1.85 bits per heavy atom. The number of likely N-dealkylation sites (N-methyl/N-ethyl adjacent to an activating group) is 1. The van der Waals surface area contributed by atoms with Crippen LogP contribution in [0.25, 0.3) is 11.3 Å². The highest BCUT2D eigenvalue weighted by Gasteiger charge is 2.31. The number of carbonyl (C=O) groups is 1. The van der Waals surface area contributed by atoms with Crippen molar-refractivity contribution in [3.63, 3.8) is 0 Å². The standard InChI is InChI=1S/C21H26N4O/c1-24-12-9-19-18(13-17(14-24)21(26)25-10-5-6-11-25)20(23-15-22-19)16-7-3-2-4-8-16/h2-4,7-8,15,17H,5-6,9-14H2,1H3/t17-/m1/s1. The summed E-state index contributed by atoms with van der Waals surface area (Å²) in [6.45, 7) is 3.53. The normalized spacial score (nSPS) is 21.1. The maximum absolute atomic E-state index is 13.1. The first-order valence-electron chi connectivity index (χ1n) is 9.58. The Morgan fingerprint density at radius 3 is 2.62 bits per heavy atom. The third-order valence-corrected chi connectivity index (χ3v) is 5.56. The minimum Gasteiger partial charge on any atom is -0.342 e. The van der Waals surface area contributed by atoms with E-state index < -0.39 is 0 Å². The van der Waals surface area contributed by atoms with E-state index in [1.54, 1.807) is 6.33 Å². The third-order valence-electron chi connectivity index (χ3n) is 5.56. The Morgan fingerprint density at radius 1 is 1.08 bits per heavy atom. The molecule has 1 amide bonds. The fraction of sp³-hybridized carbons (Fsp3) is 0.476. The van der Waals surface area contributed by atoms with Gasteiger partial charge in [0, 0.05) is 49.4 Å². The summed E-state index contributed by atoms with van der Waals surface area (Å²) < 4.78 is 0. The first-order chi connectivity index (χ1) is 12.7. The van der Waals surface area contributed by atoms with Crippen molar-refractivity contribution in [2.75, 3.05) is 33.2 Å². The van der Waals surface area contributed by atoms with Gasteiger partial charge in [-0.15, -0.1) is 0 Å². The molecule has 5 heteroatoms. The smallest absolute Gasteiger partial charge is 0.227 e. The Labute approximate surface area is 155 Å². The lowest BCUT2D eigenvalue weighted by Gasteiger charge is -2.30. The molecule has 0 bridgehead atoms. The molecule has 26 heavy (non-hydrogen) atoms. The van der Waals surface area contributed by atoms with E-state index >= 15 is 0 Å². The Bertz CT molecular complexity index is 771. The van der Waals surface area contributed by atoms with Gasteiger partial charge in [0.1, 0.15) is 6.33 Å². The maximum atomic E-state index is 13.1. The predicted octanol–water partition coefficient (Wildman–Crippen LogP) is 2.41. The molecular weight excluding hydrogens is 324 g/mol. The molecule has 0 saturated carbocycles. The number of amides is 1. The molecule has 1 aromatic heterocycles. The van der Waals surface area contributed by atoms with Crippen molar-refractivity contribution in [3.8, 4) is 11.3 Å². The molecule has 0 aliphatic carbocycles. The van der Waals surface area contributed by atoms with Crippen LogP contribution in [-0.2, 0) is 17.6 Å². The van der Waals surface area contributed by atoms with Crippen molar-refractivity contribution in [2.24, 2.45) is 5.92 Å². The number of fused-ring (bicyclic) bond motifs is 1.